The lowest BCUT2D eigenvalue weighted by Crippen LogP contribution is -2.66. The highest BCUT2D eigenvalue weighted by atomic mass is 35.5. The zero-order valence-electron chi connectivity index (χ0n) is 27.5. The van der Waals surface area contributed by atoms with E-state index in [4.69, 9.17) is 16.3 Å². The fourth-order valence-corrected chi connectivity index (χ4v) is 13.6. The van der Waals surface area contributed by atoms with Crippen molar-refractivity contribution in [1.82, 2.24) is 0 Å². The highest BCUT2D eigenvalue weighted by Gasteiger charge is 2.71. The fraction of sp³-hybridized carbons (Fsp3) is 0.789. The first kappa shape index (κ1) is 30.7. The molecule has 1 aromatic carbocycles. The minimum absolute atomic E-state index is 0.0275. The van der Waals surface area contributed by atoms with Crippen LogP contribution in [0.4, 0.5) is 0 Å². The molecule has 0 heterocycles. The monoisotopic (exact) mass is 594 g/mol. The summed E-state index contributed by atoms with van der Waals surface area (Å²) in [6.07, 6.45) is 11.9. The molecule has 0 radical (unpaired) electrons. The molecule has 232 valence electrons. The smallest absolute Gasteiger partial charge is 0.337 e. The van der Waals surface area contributed by atoms with Crippen LogP contribution in [0, 0.1) is 62.6 Å². The van der Waals surface area contributed by atoms with E-state index in [0.717, 1.165) is 19.3 Å². The van der Waals surface area contributed by atoms with Crippen LogP contribution in [0.15, 0.2) is 24.3 Å². The summed E-state index contributed by atoms with van der Waals surface area (Å²) >= 11 is 6.55. The quantitative estimate of drug-likeness (QED) is 0.257. The van der Waals surface area contributed by atoms with Crippen LogP contribution in [-0.4, -0.2) is 18.3 Å². The number of ether oxygens (including phenoxy) is 1. The van der Waals surface area contributed by atoms with Crippen molar-refractivity contribution in [1.29, 1.82) is 0 Å². The number of hydrogen-bond donors (Lipinski definition) is 0. The Morgan fingerprint density at radius 1 is 0.810 bits per heavy atom. The molecule has 42 heavy (non-hydrogen) atoms. The summed E-state index contributed by atoms with van der Waals surface area (Å²) in [5, 5.41) is -0.0275. The zero-order chi connectivity index (χ0) is 30.5. The Morgan fingerprint density at radius 3 is 2.12 bits per heavy atom. The van der Waals surface area contributed by atoms with Gasteiger partial charge in [0.1, 0.15) is 0 Å². The van der Waals surface area contributed by atoms with E-state index in [9.17, 15) is 9.59 Å². The van der Waals surface area contributed by atoms with Gasteiger partial charge in [-0.2, -0.15) is 0 Å². The Bertz CT molecular complexity index is 1240. The average Bonchev–Trinajstić information content (AvgIpc) is 3.34. The van der Waals surface area contributed by atoms with Gasteiger partial charge < -0.3 is 4.74 Å². The van der Waals surface area contributed by atoms with E-state index >= 15 is 0 Å². The molecule has 10 unspecified atom stereocenters. The minimum Gasteiger partial charge on any atom is -0.465 e. The van der Waals surface area contributed by atoms with E-state index in [1.54, 1.807) is 0 Å². The number of esters is 1. The van der Waals surface area contributed by atoms with Crippen LogP contribution < -0.4 is 0 Å². The Labute approximate surface area is 260 Å². The summed E-state index contributed by atoms with van der Waals surface area (Å²) in [5.74, 6) is 3.88. The van der Waals surface area contributed by atoms with Crippen LogP contribution in [0.2, 0.25) is 0 Å². The molecule has 10 atom stereocenters. The van der Waals surface area contributed by atoms with Crippen LogP contribution in [0.5, 0.6) is 0 Å². The third-order valence-corrected chi connectivity index (χ3v) is 15.9. The summed E-state index contributed by atoms with van der Waals surface area (Å²) in [6.45, 7) is 17.9. The van der Waals surface area contributed by atoms with Crippen molar-refractivity contribution in [3.63, 3.8) is 0 Å². The zero-order valence-corrected chi connectivity index (χ0v) is 28.3. The Balaban J connectivity index is 1.32. The van der Waals surface area contributed by atoms with Gasteiger partial charge in [0.25, 0.3) is 0 Å². The van der Waals surface area contributed by atoms with E-state index in [-0.39, 0.29) is 32.9 Å². The third kappa shape index (κ3) is 3.96. The van der Waals surface area contributed by atoms with E-state index in [1.165, 1.54) is 57.6 Å². The van der Waals surface area contributed by atoms with Crippen LogP contribution in [0.25, 0.3) is 0 Å². The maximum Gasteiger partial charge on any atom is 0.337 e. The van der Waals surface area contributed by atoms with Gasteiger partial charge >= 0.3 is 5.97 Å². The second kappa shape index (κ2) is 10.1. The molecule has 0 amide bonds. The first-order valence-corrected chi connectivity index (χ1v) is 17.4. The maximum atomic E-state index is 13.2. The summed E-state index contributed by atoms with van der Waals surface area (Å²) in [6, 6.07) is 8.26. The molecule has 0 aromatic heterocycles. The third-order valence-electron chi connectivity index (χ3n) is 15.5. The summed E-state index contributed by atoms with van der Waals surface area (Å²) < 4.78 is 4.95. The Hall–Kier alpha value is -1.35. The van der Waals surface area contributed by atoms with Crippen molar-refractivity contribution in [3.8, 4) is 0 Å². The highest BCUT2D eigenvalue weighted by molar-refractivity contribution is 6.64. The van der Waals surface area contributed by atoms with Gasteiger partial charge in [-0.1, -0.05) is 60.6 Å². The molecule has 0 saturated heterocycles. The predicted octanol–water partition coefficient (Wildman–Crippen LogP) is 10.1. The van der Waals surface area contributed by atoms with E-state index < -0.39 is 0 Å². The van der Waals surface area contributed by atoms with Crippen molar-refractivity contribution in [3.05, 3.63) is 35.4 Å². The molecule has 5 aliphatic carbocycles. The topological polar surface area (TPSA) is 43.4 Å². The van der Waals surface area contributed by atoms with E-state index in [0.29, 0.717) is 52.4 Å². The number of fused-ring (bicyclic) bond motifs is 7. The number of carbonyl (C=O) groups is 2. The normalized spacial score (nSPS) is 45.8. The molecule has 1 aromatic rings. The van der Waals surface area contributed by atoms with Crippen LogP contribution >= 0.6 is 11.6 Å². The van der Waals surface area contributed by atoms with Gasteiger partial charge in [-0.25, -0.2) is 4.79 Å². The van der Waals surface area contributed by atoms with Gasteiger partial charge in [-0.15, -0.1) is 0 Å². The summed E-state index contributed by atoms with van der Waals surface area (Å²) in [7, 11) is 1.45. The number of carbonyl (C=O) groups excluding carboxylic acids is 2. The lowest BCUT2D eigenvalue weighted by molar-refractivity contribution is -0.238. The Morgan fingerprint density at radius 2 is 1.50 bits per heavy atom. The predicted molar refractivity (Wildman–Crippen MR) is 170 cm³/mol. The molecule has 0 spiro atoms. The number of rotatable bonds is 4. The number of hydrogen-bond acceptors (Lipinski definition) is 3. The molecule has 3 nitrogen and oxygen atoms in total. The molecule has 5 aliphatic rings. The van der Waals surface area contributed by atoms with Gasteiger partial charge in [0, 0.05) is 5.41 Å². The second-order valence-electron chi connectivity index (χ2n) is 17.1. The Kier molecular flexibility index (Phi) is 7.36. The summed E-state index contributed by atoms with van der Waals surface area (Å²) in [5.41, 5.74) is 2.76. The van der Waals surface area contributed by atoms with Gasteiger partial charge in [-0.05, 0) is 157 Å². The maximum absolute atomic E-state index is 13.2. The molecule has 5 fully saturated rings. The second-order valence-corrected chi connectivity index (χ2v) is 17.4. The van der Waals surface area contributed by atoms with Gasteiger partial charge in [0.15, 0.2) is 0 Å². The molecule has 0 N–H and O–H groups in total. The first-order valence-electron chi connectivity index (χ1n) is 17.1. The van der Waals surface area contributed by atoms with Crippen molar-refractivity contribution < 1.29 is 14.3 Å². The number of halogens is 1. The molecule has 0 aliphatic heterocycles. The van der Waals surface area contributed by atoms with Gasteiger partial charge in [0.05, 0.1) is 12.7 Å². The SMILES string of the molecule is COC(=O)c1ccc(C2CCC3(C)C(CCC4(C)C3CCC3C5C(C(C)C)CCC5(C(=O)Cl)CCC34C)C2(C)C)cc1. The molecule has 0 bridgehead atoms. The fourth-order valence-electron chi connectivity index (χ4n) is 13.3. The molecule has 5 saturated carbocycles. The molecular formula is C38H55ClO3. The van der Waals surface area contributed by atoms with Gasteiger partial charge in [-0.3, -0.25) is 4.79 Å². The molecular weight excluding hydrogens is 540 g/mol. The van der Waals surface area contributed by atoms with Gasteiger partial charge in [0.2, 0.25) is 5.24 Å². The number of benzene rings is 1. The van der Waals surface area contributed by atoms with Crippen molar-refractivity contribution in [2.45, 2.75) is 119 Å². The first-order chi connectivity index (χ1) is 19.7. The van der Waals surface area contributed by atoms with Crippen LogP contribution in [0.3, 0.4) is 0 Å². The van der Waals surface area contributed by atoms with Crippen LogP contribution in [0.1, 0.15) is 135 Å². The van der Waals surface area contributed by atoms with Crippen molar-refractivity contribution in [2.24, 2.45) is 62.6 Å². The minimum atomic E-state index is -0.283. The lowest BCUT2D eigenvalue weighted by Gasteiger charge is -2.73. The van der Waals surface area contributed by atoms with Crippen molar-refractivity contribution in [2.75, 3.05) is 7.11 Å². The average molecular weight is 595 g/mol. The highest BCUT2D eigenvalue weighted by Crippen LogP contribution is 2.78. The van der Waals surface area contributed by atoms with Crippen molar-refractivity contribution >= 4 is 22.8 Å². The van der Waals surface area contributed by atoms with Crippen LogP contribution in [-0.2, 0) is 9.53 Å². The molecule has 6 rings (SSSR count). The lowest BCUT2D eigenvalue weighted by atomic mass is 9.31. The summed E-state index contributed by atoms with van der Waals surface area (Å²) in [4.78, 5) is 25.2. The molecule has 4 heteroatoms. The van der Waals surface area contributed by atoms with E-state index in [2.05, 4.69) is 60.6 Å². The standard InChI is InChI=1S/C38H55ClO3/c1-23(2)26-15-20-38(33(39)41)22-21-36(6)28(31(26)38)13-14-30-35(5)18-16-27(24-9-11-25(12-10-24)32(40)42-8)34(3,4)29(35)17-19-37(30,36)7/h9-12,23,26-31H,13-22H2,1-8H3. The number of methoxy groups -OCH3 is 1. The largest absolute Gasteiger partial charge is 0.465 e. The van der Waals surface area contributed by atoms with E-state index in [1.807, 2.05) is 12.1 Å².